The maximum atomic E-state index is 9.27. The quantitative estimate of drug-likeness (QED) is 0.170. The number of benzene rings is 1. The van der Waals surface area contributed by atoms with E-state index in [0.29, 0.717) is 5.75 Å². The highest BCUT2D eigenvalue weighted by atomic mass is 35.5. The Bertz CT molecular complexity index is 526. The molecule has 1 aliphatic heterocycles. The zero-order chi connectivity index (χ0) is 20.0. The van der Waals surface area contributed by atoms with Crippen LogP contribution in [0.4, 0.5) is 0 Å². The van der Waals surface area contributed by atoms with Gasteiger partial charge in [-0.15, -0.1) is 16.3 Å². The number of alkyl halides is 1. The number of nitrogens with one attached hydrogen (secondary N) is 3. The minimum atomic E-state index is -2.30. The van der Waals surface area contributed by atoms with Gasteiger partial charge in [0.15, 0.2) is 0 Å². The number of hydrogen-bond donors (Lipinski definition) is 5. The molecule has 5 N–H and O–H groups in total. The average molecular weight is 408 g/mol. The van der Waals surface area contributed by atoms with Crippen molar-refractivity contribution in [3.63, 3.8) is 0 Å². The molecule has 0 spiro atoms. The fourth-order valence-electron chi connectivity index (χ4n) is 2.09. The molecule has 1 fully saturated rings. The lowest BCUT2D eigenvalue weighted by Gasteiger charge is -2.26. The van der Waals surface area contributed by atoms with Gasteiger partial charge in [-0.1, -0.05) is 47.6 Å². The molecule has 2 atom stereocenters. The lowest BCUT2D eigenvalue weighted by molar-refractivity contribution is -0.144. The molecule has 0 aliphatic carbocycles. The van der Waals surface area contributed by atoms with Crippen molar-refractivity contribution in [2.24, 2.45) is 0 Å². The molecule has 7 nitrogen and oxygen atoms in total. The summed E-state index contributed by atoms with van der Waals surface area (Å²) in [6.45, 7) is 13.6. The monoisotopic (exact) mass is 407 g/mol. The Balaban J connectivity index is 0.000000401. The van der Waals surface area contributed by atoms with Crippen molar-refractivity contribution in [2.45, 2.75) is 64.3 Å². The van der Waals surface area contributed by atoms with Gasteiger partial charge in [0.1, 0.15) is 5.75 Å². The van der Waals surface area contributed by atoms with E-state index in [1.165, 1.54) is 0 Å². The van der Waals surface area contributed by atoms with Gasteiger partial charge in [0.2, 0.25) is 0 Å². The first-order valence-electron chi connectivity index (χ1n) is 8.45. The Hall–Kier alpha value is -0.500. The van der Waals surface area contributed by atoms with Crippen LogP contribution in [0.2, 0.25) is 0 Å². The SMILES string of the molecule is CC(C)(C)c1cc(OP(O)OO)cc(C(C)(C)C)c1.ClC1CCNNN1. The summed E-state index contributed by atoms with van der Waals surface area (Å²) in [4.78, 5) is 9.27. The first kappa shape index (κ1) is 23.5. The second-order valence-electron chi connectivity index (χ2n) is 8.11. The van der Waals surface area contributed by atoms with Crippen molar-refractivity contribution >= 4 is 20.2 Å². The third-order valence-corrected chi connectivity index (χ3v) is 4.57. The standard InChI is InChI=1S/C14H23O4P.C3H8ClN3/c1-13(2,3)10-7-11(14(4,5)6)9-12(8-10)17-19(16)18-15;4-3-1-2-5-7-6-3/h7-9,15-16H,1-6H3;3,5-7H,1-2H2. The van der Waals surface area contributed by atoms with Crippen LogP contribution in [0.3, 0.4) is 0 Å². The van der Waals surface area contributed by atoms with E-state index in [-0.39, 0.29) is 16.3 Å². The minimum absolute atomic E-state index is 0.0301. The molecule has 1 aliphatic rings. The lowest BCUT2D eigenvalue weighted by atomic mass is 9.80. The maximum Gasteiger partial charge on any atom is 0.424 e. The van der Waals surface area contributed by atoms with E-state index in [1.807, 2.05) is 12.1 Å². The third-order valence-electron chi connectivity index (χ3n) is 3.73. The Morgan fingerprint density at radius 2 is 1.62 bits per heavy atom. The van der Waals surface area contributed by atoms with Crippen molar-refractivity contribution in [3.8, 4) is 5.75 Å². The topological polar surface area (TPSA) is 95.0 Å². The van der Waals surface area contributed by atoms with Gasteiger partial charge < -0.3 is 9.42 Å². The predicted octanol–water partition coefficient (Wildman–Crippen LogP) is 3.92. The summed E-state index contributed by atoms with van der Waals surface area (Å²) in [5.74, 6) is 0.500. The molecule has 26 heavy (non-hydrogen) atoms. The van der Waals surface area contributed by atoms with E-state index in [1.54, 1.807) is 0 Å². The minimum Gasteiger partial charge on any atom is -0.425 e. The highest BCUT2D eigenvalue weighted by Crippen LogP contribution is 2.38. The molecule has 1 aromatic rings. The summed E-state index contributed by atoms with van der Waals surface area (Å²) in [6, 6.07) is 5.87. The van der Waals surface area contributed by atoms with E-state index in [9.17, 15) is 4.89 Å². The molecule has 9 heteroatoms. The molecule has 0 aromatic heterocycles. The molecule has 0 amide bonds. The number of hydrogen-bond acceptors (Lipinski definition) is 7. The highest BCUT2D eigenvalue weighted by Gasteiger charge is 2.22. The Kier molecular flexibility index (Phi) is 9.19. The van der Waals surface area contributed by atoms with Crippen LogP contribution in [-0.2, 0) is 15.5 Å². The van der Waals surface area contributed by atoms with Crippen LogP contribution in [0.1, 0.15) is 59.1 Å². The molecule has 150 valence electrons. The van der Waals surface area contributed by atoms with E-state index in [4.69, 9.17) is 21.4 Å². The summed E-state index contributed by atoms with van der Waals surface area (Å²) < 4.78 is 8.99. The number of halogens is 1. The summed E-state index contributed by atoms with van der Waals surface area (Å²) >= 11 is 5.60. The fourth-order valence-corrected chi connectivity index (χ4v) is 2.57. The largest absolute Gasteiger partial charge is 0.425 e. The molecule has 1 saturated heterocycles. The zero-order valence-electron chi connectivity index (χ0n) is 16.3. The first-order valence-corrected chi connectivity index (χ1v) is 10.0. The van der Waals surface area contributed by atoms with Crippen LogP contribution in [0.5, 0.6) is 5.75 Å². The smallest absolute Gasteiger partial charge is 0.424 e. The number of rotatable bonds is 3. The van der Waals surface area contributed by atoms with Gasteiger partial charge in [0, 0.05) is 6.54 Å². The van der Waals surface area contributed by atoms with Crippen LogP contribution in [0.25, 0.3) is 0 Å². The normalized spacial score (nSPS) is 19.3. The van der Waals surface area contributed by atoms with Gasteiger partial charge >= 0.3 is 8.60 Å². The fraction of sp³-hybridized carbons (Fsp3) is 0.647. The molecule has 0 radical (unpaired) electrons. The Morgan fingerprint density at radius 3 is 1.92 bits per heavy atom. The summed E-state index contributed by atoms with van der Waals surface area (Å²) in [5, 5.41) is 8.41. The van der Waals surface area contributed by atoms with E-state index in [2.05, 4.69) is 68.7 Å². The summed E-state index contributed by atoms with van der Waals surface area (Å²) in [6.07, 6.45) is 0.967. The van der Waals surface area contributed by atoms with E-state index >= 15 is 0 Å². The van der Waals surface area contributed by atoms with Crippen molar-refractivity contribution in [1.29, 1.82) is 0 Å². The molecule has 1 aromatic carbocycles. The van der Waals surface area contributed by atoms with Crippen LogP contribution in [0, 0.1) is 0 Å². The zero-order valence-corrected chi connectivity index (χ0v) is 17.9. The lowest BCUT2D eigenvalue weighted by Crippen LogP contribution is -2.52. The van der Waals surface area contributed by atoms with Gasteiger partial charge in [-0.25, -0.2) is 16.1 Å². The predicted molar refractivity (Wildman–Crippen MR) is 106 cm³/mol. The van der Waals surface area contributed by atoms with Gasteiger partial charge in [-0.2, -0.15) is 5.53 Å². The van der Waals surface area contributed by atoms with Gasteiger partial charge in [-0.3, -0.25) is 0 Å². The average Bonchev–Trinajstić information content (AvgIpc) is 2.54. The number of hydrazine groups is 2. The molecule has 0 bridgehead atoms. The molecule has 2 rings (SSSR count). The van der Waals surface area contributed by atoms with Gasteiger partial charge in [0.25, 0.3) is 0 Å². The van der Waals surface area contributed by atoms with Crippen LogP contribution in [-0.4, -0.2) is 22.2 Å². The first-order chi connectivity index (χ1) is 11.9. The second-order valence-corrected chi connectivity index (χ2v) is 9.46. The summed E-state index contributed by atoms with van der Waals surface area (Å²) in [7, 11) is -2.30. The van der Waals surface area contributed by atoms with Crippen molar-refractivity contribution < 1.29 is 19.3 Å². The third kappa shape index (κ3) is 8.46. The highest BCUT2D eigenvalue weighted by molar-refractivity contribution is 7.40. The Labute approximate surface area is 162 Å². The van der Waals surface area contributed by atoms with Gasteiger partial charge in [0.05, 0.1) is 5.50 Å². The van der Waals surface area contributed by atoms with Crippen LogP contribution in [0.15, 0.2) is 18.2 Å². The van der Waals surface area contributed by atoms with E-state index < -0.39 is 8.60 Å². The van der Waals surface area contributed by atoms with Crippen LogP contribution < -0.4 is 20.9 Å². The molecular weight excluding hydrogens is 377 g/mol. The Morgan fingerprint density at radius 1 is 1.08 bits per heavy atom. The van der Waals surface area contributed by atoms with Crippen molar-refractivity contribution in [1.82, 2.24) is 16.4 Å². The molecule has 0 saturated carbocycles. The van der Waals surface area contributed by atoms with E-state index in [0.717, 1.165) is 24.1 Å². The van der Waals surface area contributed by atoms with Crippen molar-refractivity contribution in [3.05, 3.63) is 29.3 Å². The van der Waals surface area contributed by atoms with Gasteiger partial charge in [-0.05, 0) is 40.5 Å². The molecule has 1 heterocycles. The molecule has 2 unspecified atom stereocenters. The summed E-state index contributed by atoms with van der Waals surface area (Å²) in [5.41, 5.74) is 10.6. The molecular formula is C17H31ClN3O4P. The van der Waals surface area contributed by atoms with Crippen LogP contribution >= 0.6 is 20.2 Å². The maximum absolute atomic E-state index is 9.27. The second kappa shape index (κ2) is 10.2. The van der Waals surface area contributed by atoms with Crippen molar-refractivity contribution in [2.75, 3.05) is 6.54 Å².